The number of rotatable bonds is 36. The molecule has 13 unspecified atom stereocenters. The lowest BCUT2D eigenvalue weighted by Gasteiger charge is -2.41. The summed E-state index contributed by atoms with van der Waals surface area (Å²) in [5.74, 6) is -5.10. The third-order valence-corrected chi connectivity index (χ3v) is 17.4. The SMILES string of the molecule is CCC(C)C(C(CC(=O)N1CCCC1C(OC)C(C)C(=O)NC(CO)Cc1cccc(NC(=O)C(CCCNC(N)=O)NC(=O)C(NC(=O)CCOCCN2C(=O)C=CC2=O)C(C)C)c1)OC)N(C)C(=O)C(NC(=O)C1C(C)CC(CC)N1C)C(C)C. The summed E-state index contributed by atoms with van der Waals surface area (Å²) >= 11 is 0. The Morgan fingerprint density at radius 2 is 1.54 bits per heavy atom. The van der Waals surface area contributed by atoms with Gasteiger partial charge in [-0.15, -0.1) is 0 Å². The van der Waals surface area contributed by atoms with Crippen molar-refractivity contribution in [3.63, 3.8) is 0 Å². The Hall–Kier alpha value is -6.54. The number of likely N-dealkylation sites (tertiary alicyclic amines) is 2. The molecule has 3 heterocycles. The molecule has 13 atom stereocenters. The van der Waals surface area contributed by atoms with E-state index in [1.807, 2.05) is 34.7 Å². The van der Waals surface area contributed by atoms with Crippen molar-refractivity contribution in [2.24, 2.45) is 35.3 Å². The summed E-state index contributed by atoms with van der Waals surface area (Å²) in [6, 6.07) is 1.14. The summed E-state index contributed by atoms with van der Waals surface area (Å²) < 4.78 is 17.6. The molecule has 488 valence electrons. The average molecular weight is 1220 g/mol. The zero-order valence-corrected chi connectivity index (χ0v) is 53.6. The number of aliphatic hydroxyl groups excluding tert-OH is 1. The van der Waals surface area contributed by atoms with Crippen molar-refractivity contribution in [3.8, 4) is 0 Å². The zero-order valence-electron chi connectivity index (χ0n) is 53.6. The van der Waals surface area contributed by atoms with Gasteiger partial charge in [0.2, 0.25) is 41.4 Å². The Balaban J connectivity index is 1.39. The lowest BCUT2D eigenvalue weighted by atomic mass is 9.89. The number of amides is 11. The predicted molar refractivity (Wildman–Crippen MR) is 327 cm³/mol. The van der Waals surface area contributed by atoms with Crippen molar-refractivity contribution < 1.29 is 67.3 Å². The Labute approximate surface area is 514 Å². The molecule has 0 aliphatic carbocycles. The number of carbonyl (C=O) groups excluding carboxylic acids is 10. The topological polar surface area (TPSA) is 330 Å². The van der Waals surface area contributed by atoms with E-state index in [0.717, 1.165) is 29.9 Å². The van der Waals surface area contributed by atoms with Gasteiger partial charge in [0.1, 0.15) is 18.1 Å². The highest BCUT2D eigenvalue weighted by Crippen LogP contribution is 2.32. The zero-order chi connectivity index (χ0) is 64.8. The number of methoxy groups -OCH3 is 2. The number of primary amides is 1. The smallest absolute Gasteiger partial charge is 0.312 e. The van der Waals surface area contributed by atoms with E-state index in [4.69, 9.17) is 19.9 Å². The third-order valence-electron chi connectivity index (χ3n) is 17.4. The van der Waals surface area contributed by atoms with Crippen LogP contribution in [0.5, 0.6) is 0 Å². The van der Waals surface area contributed by atoms with E-state index >= 15 is 0 Å². The minimum atomic E-state index is -1.14. The van der Waals surface area contributed by atoms with Crippen molar-refractivity contribution in [1.29, 1.82) is 0 Å². The summed E-state index contributed by atoms with van der Waals surface area (Å²) in [5, 5.41) is 27.4. The Morgan fingerprint density at radius 3 is 2.13 bits per heavy atom. The van der Waals surface area contributed by atoms with E-state index in [1.54, 1.807) is 61.9 Å². The van der Waals surface area contributed by atoms with Crippen LogP contribution in [0.25, 0.3) is 0 Å². The molecule has 0 aromatic heterocycles. The molecule has 25 nitrogen and oxygen atoms in total. The molecule has 0 bridgehead atoms. The molecular weight excluding hydrogens is 1120 g/mol. The normalized spacial score (nSPS) is 20.9. The first-order chi connectivity index (χ1) is 41.2. The fourth-order valence-corrected chi connectivity index (χ4v) is 12.2. The number of urea groups is 1. The Bertz CT molecular complexity index is 2510. The maximum absolute atomic E-state index is 14.6. The molecule has 25 heteroatoms. The molecule has 11 amide bonds. The van der Waals surface area contributed by atoms with Crippen molar-refractivity contribution >= 4 is 64.9 Å². The van der Waals surface area contributed by atoms with Crippen molar-refractivity contribution in [1.82, 2.24) is 46.2 Å². The second kappa shape index (κ2) is 35.5. The summed E-state index contributed by atoms with van der Waals surface area (Å²) in [6.07, 6.45) is 4.88. The average Bonchev–Trinajstić information content (AvgIpc) is 3.26. The van der Waals surface area contributed by atoms with E-state index in [1.165, 1.54) is 14.2 Å². The fourth-order valence-electron chi connectivity index (χ4n) is 12.2. The van der Waals surface area contributed by atoms with E-state index in [9.17, 15) is 53.1 Å². The number of benzene rings is 1. The standard InChI is InChI=1S/C62H101N11O14/c1-14-38(7)54(71(11)61(83)53(37(5)6)69-60(82)55-39(8)31-44(15-2)70(55)10)47(85-12)34-51(78)72-27-18-22-46(72)56(86-13)40(9)57(79)66-43(35-74)33-41-19-16-20-42(32-41)65-58(80)45(21-17-26-64-62(63)84)67-59(81)52(36(3)4)68-48(75)25-29-87-30-28-73-49(76)23-24-50(73)77/h16,19-20,23-24,32,36-40,43-47,52-56,74H,14-15,17-18,21-22,25-31,33-35H2,1-13H3,(H,65,80)(H,66,79)(H,67,81)(H,68,75)(H,69,82)(H3,63,64,84). The first-order valence-corrected chi connectivity index (χ1v) is 30.9. The van der Waals surface area contributed by atoms with Crippen LogP contribution in [0.4, 0.5) is 10.5 Å². The quantitative estimate of drug-likeness (QED) is 0.0353. The van der Waals surface area contributed by atoms with Crippen LogP contribution in [-0.2, 0) is 63.8 Å². The molecule has 87 heavy (non-hydrogen) atoms. The minimum absolute atomic E-state index is 0.0105. The number of nitrogens with one attached hydrogen (secondary N) is 6. The second-order valence-electron chi connectivity index (χ2n) is 24.3. The van der Waals surface area contributed by atoms with E-state index in [2.05, 4.69) is 50.6 Å². The fraction of sp³-hybridized carbons (Fsp3) is 0.710. The van der Waals surface area contributed by atoms with Crippen LogP contribution in [0.15, 0.2) is 36.4 Å². The van der Waals surface area contributed by atoms with Gasteiger partial charge in [0.25, 0.3) is 11.8 Å². The molecule has 2 saturated heterocycles. The first-order valence-electron chi connectivity index (χ1n) is 30.9. The number of aliphatic hydroxyl groups is 1. The van der Waals surface area contributed by atoms with Gasteiger partial charge in [0.15, 0.2) is 0 Å². The van der Waals surface area contributed by atoms with Crippen LogP contribution >= 0.6 is 0 Å². The number of nitrogens with two attached hydrogens (primary N) is 1. The van der Waals surface area contributed by atoms with Gasteiger partial charge in [-0.1, -0.05) is 80.9 Å². The van der Waals surface area contributed by atoms with Crippen LogP contribution in [0.2, 0.25) is 0 Å². The number of imide groups is 1. The maximum atomic E-state index is 14.6. The number of anilines is 1. The van der Waals surface area contributed by atoms with Gasteiger partial charge in [0.05, 0.1) is 75.1 Å². The molecule has 2 fully saturated rings. The molecule has 3 aliphatic heterocycles. The molecular formula is C62H101N11O14. The van der Waals surface area contributed by atoms with E-state index in [0.29, 0.717) is 37.1 Å². The van der Waals surface area contributed by atoms with Gasteiger partial charge in [-0.3, -0.25) is 53.0 Å². The molecule has 0 spiro atoms. The van der Waals surface area contributed by atoms with E-state index in [-0.39, 0.29) is 106 Å². The number of hydrogen-bond acceptors (Lipinski definition) is 15. The number of likely N-dealkylation sites (N-methyl/N-ethyl adjacent to an activating group) is 2. The molecule has 0 radical (unpaired) electrons. The lowest BCUT2D eigenvalue weighted by Crippen LogP contribution is -2.59. The predicted octanol–water partition coefficient (Wildman–Crippen LogP) is 2.23. The highest BCUT2D eigenvalue weighted by atomic mass is 16.5. The molecule has 1 aromatic rings. The van der Waals surface area contributed by atoms with Crippen LogP contribution in [-0.4, -0.2) is 212 Å². The van der Waals surface area contributed by atoms with Crippen LogP contribution < -0.4 is 37.6 Å². The van der Waals surface area contributed by atoms with Crippen molar-refractivity contribution in [2.75, 3.05) is 73.1 Å². The molecule has 0 saturated carbocycles. The molecule has 1 aromatic carbocycles. The van der Waals surface area contributed by atoms with Gasteiger partial charge < -0.3 is 66.8 Å². The van der Waals surface area contributed by atoms with Gasteiger partial charge in [-0.25, -0.2) is 4.79 Å². The van der Waals surface area contributed by atoms with Gasteiger partial charge >= 0.3 is 6.03 Å². The summed E-state index contributed by atoms with van der Waals surface area (Å²) in [6.45, 7) is 17.3. The summed E-state index contributed by atoms with van der Waals surface area (Å²) in [7, 11) is 6.71. The highest BCUT2D eigenvalue weighted by Gasteiger charge is 2.45. The maximum Gasteiger partial charge on any atom is 0.312 e. The van der Waals surface area contributed by atoms with E-state index < -0.39 is 108 Å². The van der Waals surface area contributed by atoms with Crippen LogP contribution in [0.3, 0.4) is 0 Å². The molecule has 4 rings (SSSR count). The minimum Gasteiger partial charge on any atom is -0.394 e. The number of carbonyl (C=O) groups is 10. The van der Waals surface area contributed by atoms with Crippen molar-refractivity contribution in [3.05, 3.63) is 42.0 Å². The number of nitrogens with zero attached hydrogens (tertiary/aromatic N) is 4. The number of ether oxygens (including phenoxy) is 3. The first kappa shape index (κ1) is 72.9. The van der Waals surface area contributed by atoms with Crippen molar-refractivity contribution in [2.45, 2.75) is 187 Å². The lowest BCUT2D eigenvalue weighted by molar-refractivity contribution is -0.148. The van der Waals surface area contributed by atoms with Crippen LogP contribution in [0.1, 0.15) is 126 Å². The van der Waals surface area contributed by atoms with Gasteiger partial charge in [-0.2, -0.15) is 0 Å². The van der Waals surface area contributed by atoms with Gasteiger partial charge in [0, 0.05) is 64.7 Å². The Kier molecular flexibility index (Phi) is 29.7. The monoisotopic (exact) mass is 1220 g/mol. The summed E-state index contributed by atoms with van der Waals surface area (Å²) in [5.41, 5.74) is 6.24. The third kappa shape index (κ3) is 20.8. The largest absolute Gasteiger partial charge is 0.394 e. The Morgan fingerprint density at radius 1 is 0.862 bits per heavy atom. The van der Waals surface area contributed by atoms with Gasteiger partial charge in [-0.05, 0) is 93.4 Å². The summed E-state index contributed by atoms with van der Waals surface area (Å²) in [4.78, 5) is 139. The number of hydrogen-bond donors (Lipinski definition) is 8. The molecule has 3 aliphatic rings. The highest BCUT2D eigenvalue weighted by molar-refractivity contribution is 6.12. The molecule has 9 N–H and O–H groups in total. The second-order valence-corrected chi connectivity index (χ2v) is 24.3. The van der Waals surface area contributed by atoms with Crippen LogP contribution in [0, 0.1) is 29.6 Å².